The third kappa shape index (κ3) is 6.07. The molecule has 0 aliphatic carbocycles. The van der Waals surface area contributed by atoms with E-state index in [4.69, 9.17) is 13.8 Å². The predicted molar refractivity (Wildman–Crippen MR) is 133 cm³/mol. The molecule has 0 aliphatic heterocycles. The van der Waals surface area contributed by atoms with Gasteiger partial charge in [-0.25, -0.2) is 4.57 Å². The van der Waals surface area contributed by atoms with Crippen LogP contribution in [0.3, 0.4) is 0 Å². The summed E-state index contributed by atoms with van der Waals surface area (Å²) in [5.41, 5.74) is 0.998. The van der Waals surface area contributed by atoms with Gasteiger partial charge in [0.15, 0.2) is 0 Å². The van der Waals surface area contributed by atoms with Crippen LogP contribution >= 0.6 is 7.75 Å². The van der Waals surface area contributed by atoms with Crippen LogP contribution in [0.5, 0.6) is 11.5 Å². The lowest BCUT2D eigenvalue weighted by Gasteiger charge is -2.24. The molecule has 4 aromatic rings. The molecule has 2 atom stereocenters. The van der Waals surface area contributed by atoms with E-state index in [0.717, 1.165) is 10.9 Å². The SMILES string of the molecule is C[C@H](NP(=O)(Oc1ccccc1C#N)Oc1cccc2ccccc12)C(=O)OCc1ccccc1. The molecule has 0 spiro atoms. The van der Waals surface area contributed by atoms with Crippen LogP contribution in [0, 0.1) is 11.3 Å². The Kier molecular flexibility index (Phi) is 7.47. The van der Waals surface area contributed by atoms with E-state index in [-0.39, 0.29) is 17.9 Å². The number of carbonyl (C=O) groups is 1. The van der Waals surface area contributed by atoms with Gasteiger partial charge in [0.1, 0.15) is 30.2 Å². The second-order valence-corrected chi connectivity index (χ2v) is 9.33. The quantitative estimate of drug-likeness (QED) is 0.229. The van der Waals surface area contributed by atoms with Crippen molar-refractivity contribution < 1.29 is 23.1 Å². The summed E-state index contributed by atoms with van der Waals surface area (Å²) in [5.74, 6) is -0.262. The number of esters is 1. The number of hydrogen-bond donors (Lipinski definition) is 1. The first-order chi connectivity index (χ1) is 17.0. The van der Waals surface area contributed by atoms with Crippen LogP contribution in [0.2, 0.25) is 0 Å². The number of nitrogens with one attached hydrogen (secondary N) is 1. The number of nitrogens with zero attached hydrogens (tertiary/aromatic N) is 1. The Morgan fingerprint density at radius 1 is 0.886 bits per heavy atom. The largest absolute Gasteiger partial charge is 0.513 e. The minimum atomic E-state index is -4.22. The van der Waals surface area contributed by atoms with Crippen LogP contribution in [0.4, 0.5) is 0 Å². The first-order valence-electron chi connectivity index (χ1n) is 10.9. The summed E-state index contributed by atoms with van der Waals surface area (Å²) in [5, 5.41) is 13.7. The molecule has 0 bridgehead atoms. The van der Waals surface area contributed by atoms with Gasteiger partial charge in [0, 0.05) is 5.39 Å². The standard InChI is InChI=1S/C27H23N2O5P/c1-20(27(30)32-19-21-10-3-2-4-11-21)29-35(31,33-25-16-8-6-13-23(25)18-28)34-26-17-9-14-22-12-5-7-15-24(22)26/h2-17,20H,19H2,1H3,(H,29,31)/t20-,35?/m0/s1. The summed E-state index contributed by atoms with van der Waals surface area (Å²) in [7, 11) is -4.22. The smallest absolute Gasteiger partial charge is 0.460 e. The Hall–Kier alpha value is -4.11. The number of ether oxygens (including phenoxy) is 1. The molecule has 0 fully saturated rings. The van der Waals surface area contributed by atoms with Crippen molar-refractivity contribution in [3.8, 4) is 17.6 Å². The summed E-state index contributed by atoms with van der Waals surface area (Å²) in [6.45, 7) is 1.57. The molecule has 0 amide bonds. The van der Waals surface area contributed by atoms with Gasteiger partial charge in [0.2, 0.25) is 0 Å². The number of hydrogen-bond acceptors (Lipinski definition) is 6. The zero-order valence-electron chi connectivity index (χ0n) is 19.0. The fourth-order valence-electron chi connectivity index (χ4n) is 3.39. The molecule has 176 valence electrons. The first-order valence-corrected chi connectivity index (χ1v) is 12.5. The minimum Gasteiger partial charge on any atom is -0.460 e. The molecular weight excluding hydrogens is 463 g/mol. The van der Waals surface area contributed by atoms with E-state index in [1.807, 2.05) is 66.7 Å². The Labute approximate surface area is 203 Å². The molecule has 0 heterocycles. The van der Waals surface area contributed by atoms with Gasteiger partial charge in [-0.1, -0.05) is 78.9 Å². The molecule has 4 rings (SSSR count). The van der Waals surface area contributed by atoms with Crippen molar-refractivity contribution in [2.75, 3.05) is 0 Å². The molecule has 8 heteroatoms. The van der Waals surface area contributed by atoms with Crippen LogP contribution in [-0.2, 0) is 20.7 Å². The second kappa shape index (κ2) is 10.9. The lowest BCUT2D eigenvalue weighted by atomic mass is 10.1. The fraction of sp³-hybridized carbons (Fsp3) is 0.111. The first kappa shape index (κ1) is 24.0. The van der Waals surface area contributed by atoms with Crippen molar-refractivity contribution in [3.05, 3.63) is 108 Å². The van der Waals surface area contributed by atoms with Crippen molar-refractivity contribution >= 4 is 24.5 Å². The summed E-state index contributed by atoms with van der Waals surface area (Å²) in [4.78, 5) is 12.7. The van der Waals surface area contributed by atoms with Gasteiger partial charge in [0.25, 0.3) is 0 Å². The number of fused-ring (bicyclic) bond motifs is 1. The van der Waals surface area contributed by atoms with Crippen LogP contribution < -0.4 is 14.1 Å². The fourth-order valence-corrected chi connectivity index (χ4v) is 4.95. The third-order valence-electron chi connectivity index (χ3n) is 5.12. The molecular formula is C27H23N2O5P. The van der Waals surface area contributed by atoms with Crippen LogP contribution in [-0.4, -0.2) is 12.0 Å². The molecule has 0 radical (unpaired) electrons. The Bertz CT molecular complexity index is 1410. The van der Waals surface area contributed by atoms with E-state index in [1.165, 1.54) is 19.1 Å². The molecule has 35 heavy (non-hydrogen) atoms. The van der Waals surface area contributed by atoms with Crippen molar-refractivity contribution in [1.82, 2.24) is 5.09 Å². The average molecular weight is 486 g/mol. The van der Waals surface area contributed by atoms with Gasteiger partial charge >= 0.3 is 13.7 Å². The maximum Gasteiger partial charge on any atom is 0.513 e. The highest BCUT2D eigenvalue weighted by atomic mass is 31.2. The van der Waals surface area contributed by atoms with Crippen LogP contribution in [0.15, 0.2) is 97.1 Å². The van der Waals surface area contributed by atoms with Gasteiger partial charge in [-0.2, -0.15) is 10.3 Å². The molecule has 0 aromatic heterocycles. The Morgan fingerprint density at radius 2 is 1.51 bits per heavy atom. The Morgan fingerprint density at radius 3 is 2.31 bits per heavy atom. The van der Waals surface area contributed by atoms with E-state index in [2.05, 4.69) is 5.09 Å². The maximum atomic E-state index is 14.0. The van der Waals surface area contributed by atoms with Gasteiger partial charge in [-0.15, -0.1) is 0 Å². The van der Waals surface area contributed by atoms with Crippen LogP contribution in [0.1, 0.15) is 18.1 Å². The molecule has 7 nitrogen and oxygen atoms in total. The highest BCUT2D eigenvalue weighted by molar-refractivity contribution is 7.52. The average Bonchev–Trinajstić information content (AvgIpc) is 2.88. The molecule has 0 saturated heterocycles. The third-order valence-corrected chi connectivity index (χ3v) is 6.70. The van der Waals surface area contributed by atoms with E-state index >= 15 is 0 Å². The highest BCUT2D eigenvalue weighted by Gasteiger charge is 2.35. The molecule has 4 aromatic carbocycles. The monoisotopic (exact) mass is 486 g/mol. The number of carbonyl (C=O) groups excluding carboxylic acids is 1. The number of para-hydroxylation sites is 1. The Balaban J connectivity index is 1.60. The lowest BCUT2D eigenvalue weighted by molar-refractivity contribution is -0.146. The van der Waals surface area contributed by atoms with E-state index in [9.17, 15) is 14.6 Å². The van der Waals surface area contributed by atoms with Crippen molar-refractivity contribution in [2.24, 2.45) is 0 Å². The number of benzene rings is 4. The topological polar surface area (TPSA) is 97.6 Å². The van der Waals surface area contributed by atoms with Crippen molar-refractivity contribution in [2.45, 2.75) is 19.6 Å². The molecule has 0 aliphatic rings. The highest BCUT2D eigenvalue weighted by Crippen LogP contribution is 2.47. The zero-order valence-corrected chi connectivity index (χ0v) is 19.9. The van der Waals surface area contributed by atoms with Gasteiger partial charge in [-0.3, -0.25) is 4.79 Å². The second-order valence-electron chi connectivity index (χ2n) is 7.71. The van der Waals surface area contributed by atoms with Gasteiger partial charge < -0.3 is 13.8 Å². The van der Waals surface area contributed by atoms with E-state index in [1.54, 1.807) is 24.3 Å². The summed E-state index contributed by atoms with van der Waals surface area (Å²) >= 11 is 0. The van der Waals surface area contributed by atoms with Crippen molar-refractivity contribution in [1.29, 1.82) is 5.26 Å². The van der Waals surface area contributed by atoms with E-state index < -0.39 is 19.8 Å². The number of rotatable bonds is 9. The van der Waals surface area contributed by atoms with Crippen molar-refractivity contribution in [3.63, 3.8) is 0 Å². The normalized spacial score (nSPS) is 13.3. The lowest BCUT2D eigenvalue weighted by Crippen LogP contribution is -2.35. The van der Waals surface area contributed by atoms with Crippen LogP contribution in [0.25, 0.3) is 10.8 Å². The summed E-state index contributed by atoms with van der Waals surface area (Å²) < 4.78 is 31.0. The van der Waals surface area contributed by atoms with Gasteiger partial charge in [-0.05, 0) is 36.1 Å². The summed E-state index contributed by atoms with van der Waals surface area (Å²) in [6, 6.07) is 29.3. The zero-order chi connectivity index (χ0) is 24.7. The minimum absolute atomic E-state index is 0.0657. The van der Waals surface area contributed by atoms with E-state index in [0.29, 0.717) is 11.1 Å². The van der Waals surface area contributed by atoms with Gasteiger partial charge in [0.05, 0.1) is 5.56 Å². The maximum absolute atomic E-state index is 14.0. The number of nitriles is 1. The molecule has 1 N–H and O–H groups in total. The molecule has 1 unspecified atom stereocenters. The summed E-state index contributed by atoms with van der Waals surface area (Å²) in [6.07, 6.45) is 0. The molecule has 0 saturated carbocycles. The predicted octanol–water partition coefficient (Wildman–Crippen LogP) is 6.00.